The molecule has 12 heteroatoms. The van der Waals surface area contributed by atoms with Crippen LogP contribution in [0.2, 0.25) is 0 Å². The number of hydrogen-bond donors (Lipinski definition) is 1. The lowest BCUT2D eigenvalue weighted by Gasteiger charge is -2.18. The third kappa shape index (κ3) is 4.59. The normalized spacial score (nSPS) is 20.6. The molecule has 1 amide bonds. The lowest BCUT2D eigenvalue weighted by Crippen LogP contribution is -2.26. The summed E-state index contributed by atoms with van der Waals surface area (Å²) in [5.41, 5.74) is 0.618. The predicted molar refractivity (Wildman–Crippen MR) is 106 cm³/mol. The third-order valence-corrected chi connectivity index (χ3v) is 6.65. The minimum atomic E-state index is -3.23. The van der Waals surface area contributed by atoms with Gasteiger partial charge in [-0.3, -0.25) is 4.90 Å². The number of anilines is 1. The van der Waals surface area contributed by atoms with Gasteiger partial charge in [-0.05, 0) is 24.1 Å². The summed E-state index contributed by atoms with van der Waals surface area (Å²) in [6.07, 6.45) is 1.98. The van der Waals surface area contributed by atoms with Crippen molar-refractivity contribution in [3.8, 4) is 0 Å². The number of rotatable bonds is 6. The number of allylic oxidation sites excluding steroid dienone is 1. The maximum absolute atomic E-state index is 14.7. The van der Waals surface area contributed by atoms with Crippen molar-refractivity contribution < 1.29 is 31.8 Å². The molecule has 0 spiro atoms. The van der Waals surface area contributed by atoms with Gasteiger partial charge in [-0.15, -0.1) is 5.10 Å². The van der Waals surface area contributed by atoms with Crippen molar-refractivity contribution in [1.29, 1.82) is 0 Å². The molecule has 0 radical (unpaired) electrons. The second-order valence-electron chi connectivity index (χ2n) is 7.40. The van der Waals surface area contributed by atoms with E-state index in [0.717, 1.165) is 17.0 Å². The fourth-order valence-corrected chi connectivity index (χ4v) is 4.77. The molecule has 4 rings (SSSR count). The zero-order valence-corrected chi connectivity index (χ0v) is 17.2. The van der Waals surface area contributed by atoms with Crippen molar-refractivity contribution in [3.63, 3.8) is 0 Å². The Morgan fingerprint density at radius 1 is 1.26 bits per heavy atom. The van der Waals surface area contributed by atoms with Crippen LogP contribution in [0.15, 0.2) is 24.4 Å². The minimum absolute atomic E-state index is 0.00911. The van der Waals surface area contributed by atoms with E-state index in [1.54, 1.807) is 6.20 Å². The molecule has 1 fully saturated rings. The number of benzene rings is 1. The van der Waals surface area contributed by atoms with Gasteiger partial charge in [0.2, 0.25) is 0 Å². The molecule has 1 saturated heterocycles. The Hall–Kier alpha value is -2.86. The fourth-order valence-electron chi connectivity index (χ4n) is 3.62. The van der Waals surface area contributed by atoms with Crippen LogP contribution in [0.1, 0.15) is 17.7 Å². The minimum Gasteiger partial charge on any atom is -0.442 e. The van der Waals surface area contributed by atoms with Gasteiger partial charge in [-0.25, -0.2) is 26.7 Å². The lowest BCUT2D eigenvalue weighted by atomic mass is 10.0. The number of amides is 1. The number of ether oxygens (including phenoxy) is 1. The van der Waals surface area contributed by atoms with Crippen LogP contribution >= 0.6 is 0 Å². The summed E-state index contributed by atoms with van der Waals surface area (Å²) < 4.78 is 59.3. The molecule has 166 valence electrons. The number of carbonyl (C=O) groups excluding carboxylic acids is 1. The SMILES string of the molecule is O=C1O[C@@H](Cn2cc(CCO)nn2)CN1c1cc(F)c(C2=CCS(=O)(=O)CC2)c(F)c1. The monoisotopic (exact) mass is 454 g/mol. The Morgan fingerprint density at radius 2 is 2.00 bits per heavy atom. The smallest absolute Gasteiger partial charge is 0.414 e. The van der Waals surface area contributed by atoms with E-state index in [4.69, 9.17) is 9.84 Å². The van der Waals surface area contributed by atoms with Gasteiger partial charge in [-0.2, -0.15) is 0 Å². The number of cyclic esters (lactones) is 1. The molecule has 0 unspecified atom stereocenters. The van der Waals surface area contributed by atoms with Gasteiger partial charge in [0.1, 0.15) is 17.7 Å². The number of aliphatic hydroxyl groups is 1. The number of aromatic nitrogens is 3. The summed E-state index contributed by atoms with van der Waals surface area (Å²) >= 11 is 0. The first kappa shape index (κ1) is 21.4. The van der Waals surface area contributed by atoms with E-state index < -0.39 is 33.7 Å². The number of sulfone groups is 1. The van der Waals surface area contributed by atoms with E-state index in [2.05, 4.69) is 10.3 Å². The Morgan fingerprint density at radius 3 is 2.65 bits per heavy atom. The molecule has 1 N–H and O–H groups in total. The van der Waals surface area contributed by atoms with Gasteiger partial charge < -0.3 is 9.84 Å². The van der Waals surface area contributed by atoms with Gasteiger partial charge in [0.15, 0.2) is 9.84 Å². The van der Waals surface area contributed by atoms with Crippen LogP contribution in [-0.2, 0) is 27.5 Å². The first-order valence-electron chi connectivity index (χ1n) is 9.62. The largest absolute Gasteiger partial charge is 0.442 e. The molecule has 0 saturated carbocycles. The zero-order chi connectivity index (χ0) is 22.2. The average Bonchev–Trinajstić information content (AvgIpc) is 3.29. The Bertz CT molecular complexity index is 1120. The van der Waals surface area contributed by atoms with E-state index in [0.29, 0.717) is 17.7 Å². The number of carbonyl (C=O) groups is 1. The van der Waals surface area contributed by atoms with Gasteiger partial charge >= 0.3 is 6.09 Å². The number of halogens is 2. The van der Waals surface area contributed by atoms with E-state index in [-0.39, 0.29) is 48.9 Å². The first-order valence-corrected chi connectivity index (χ1v) is 11.4. The molecule has 2 aliphatic heterocycles. The van der Waals surface area contributed by atoms with Crippen LogP contribution in [0.3, 0.4) is 0 Å². The highest BCUT2D eigenvalue weighted by molar-refractivity contribution is 7.91. The van der Waals surface area contributed by atoms with Gasteiger partial charge in [0.05, 0.1) is 36.0 Å². The van der Waals surface area contributed by atoms with Crippen molar-refractivity contribution in [2.75, 3.05) is 29.6 Å². The summed E-state index contributed by atoms with van der Waals surface area (Å²) in [6, 6.07) is 2.08. The topological polar surface area (TPSA) is 115 Å². The van der Waals surface area contributed by atoms with Crippen LogP contribution in [0, 0.1) is 11.6 Å². The van der Waals surface area contributed by atoms with Crippen LogP contribution < -0.4 is 4.90 Å². The van der Waals surface area contributed by atoms with Gasteiger partial charge in [0, 0.05) is 24.8 Å². The summed E-state index contributed by atoms with van der Waals surface area (Å²) in [4.78, 5) is 13.4. The number of aliphatic hydroxyl groups excluding tert-OH is 1. The van der Waals surface area contributed by atoms with Crippen molar-refractivity contribution in [1.82, 2.24) is 15.0 Å². The lowest BCUT2D eigenvalue weighted by molar-refractivity contribution is 0.129. The molecule has 3 heterocycles. The maximum Gasteiger partial charge on any atom is 0.414 e. The molecule has 31 heavy (non-hydrogen) atoms. The molecule has 1 aromatic carbocycles. The van der Waals surface area contributed by atoms with Gasteiger partial charge in [0.25, 0.3) is 0 Å². The number of nitrogens with zero attached hydrogens (tertiary/aromatic N) is 4. The highest BCUT2D eigenvalue weighted by Gasteiger charge is 2.34. The second-order valence-corrected chi connectivity index (χ2v) is 9.63. The van der Waals surface area contributed by atoms with Crippen molar-refractivity contribution in [2.24, 2.45) is 0 Å². The van der Waals surface area contributed by atoms with Crippen LogP contribution in [0.25, 0.3) is 5.57 Å². The molecule has 9 nitrogen and oxygen atoms in total. The summed E-state index contributed by atoms with van der Waals surface area (Å²) in [5, 5.41) is 16.7. The summed E-state index contributed by atoms with van der Waals surface area (Å²) in [6.45, 7) is 0.197. The molecule has 1 atom stereocenters. The van der Waals surface area contributed by atoms with E-state index in [1.165, 1.54) is 10.8 Å². The maximum atomic E-state index is 14.7. The average molecular weight is 454 g/mol. The van der Waals surface area contributed by atoms with Crippen molar-refractivity contribution >= 4 is 27.2 Å². The summed E-state index contributed by atoms with van der Waals surface area (Å²) in [7, 11) is -3.23. The number of hydrogen-bond acceptors (Lipinski definition) is 7. The Balaban J connectivity index is 1.50. The van der Waals surface area contributed by atoms with Crippen molar-refractivity contribution in [2.45, 2.75) is 25.5 Å². The molecule has 1 aromatic heterocycles. The standard InChI is InChI=1S/C19H20F2N4O5S/c20-16-7-14(8-17(21)18(16)12-2-5-31(28,29)6-3-12)25-11-15(30-19(25)27)10-24-9-13(1-4-26)22-23-24/h2,7-9,15,26H,1,3-6,10-11H2/t15-/m0/s1. The second kappa shape index (κ2) is 8.35. The molecular weight excluding hydrogens is 434 g/mol. The molecule has 2 aromatic rings. The third-order valence-electron chi connectivity index (χ3n) is 5.14. The molecule has 0 bridgehead atoms. The quantitative estimate of drug-likeness (QED) is 0.700. The zero-order valence-electron chi connectivity index (χ0n) is 16.4. The van der Waals surface area contributed by atoms with Crippen LogP contribution in [0.5, 0.6) is 0 Å². The Labute approximate surface area is 176 Å². The van der Waals surface area contributed by atoms with Crippen LogP contribution in [0.4, 0.5) is 19.3 Å². The van der Waals surface area contributed by atoms with E-state index in [9.17, 15) is 22.0 Å². The molecule has 2 aliphatic rings. The first-order chi connectivity index (χ1) is 14.8. The van der Waals surface area contributed by atoms with Crippen molar-refractivity contribution in [3.05, 3.63) is 47.3 Å². The van der Waals surface area contributed by atoms with E-state index >= 15 is 0 Å². The predicted octanol–water partition coefficient (Wildman–Crippen LogP) is 1.32. The molecule has 0 aliphatic carbocycles. The summed E-state index contributed by atoms with van der Waals surface area (Å²) in [5.74, 6) is -2.17. The highest BCUT2D eigenvalue weighted by atomic mass is 32.2. The highest BCUT2D eigenvalue weighted by Crippen LogP contribution is 2.32. The van der Waals surface area contributed by atoms with E-state index in [1.807, 2.05) is 0 Å². The van der Waals surface area contributed by atoms with Gasteiger partial charge in [-0.1, -0.05) is 11.3 Å². The molecular formula is C19H20F2N4O5S. The van der Waals surface area contributed by atoms with Crippen LogP contribution in [-0.4, -0.2) is 65.4 Å². The fraction of sp³-hybridized carbons (Fsp3) is 0.421. The Kier molecular flexibility index (Phi) is 5.75.